The lowest BCUT2D eigenvalue weighted by Crippen LogP contribution is -2.18. The van der Waals surface area contributed by atoms with Gasteiger partial charge in [-0.05, 0) is 6.92 Å². The smallest absolute Gasteiger partial charge is 0.435 e. The highest BCUT2D eigenvalue weighted by Gasteiger charge is 2.40. The molecule has 0 fully saturated rings. The number of nitrogens with zero attached hydrogens (tertiary/aromatic N) is 2. The number of halogens is 7. The van der Waals surface area contributed by atoms with Gasteiger partial charge in [0.2, 0.25) is 11.6 Å². The zero-order valence-corrected chi connectivity index (χ0v) is 11.3. The number of ether oxygens (including phenoxy) is 1. The second-order valence-corrected chi connectivity index (χ2v) is 4.22. The summed E-state index contributed by atoms with van der Waals surface area (Å²) in [4.78, 5) is 0. The molecule has 2 rings (SSSR count). The van der Waals surface area contributed by atoms with Crippen LogP contribution in [0.15, 0.2) is 6.20 Å². The first-order chi connectivity index (χ1) is 10.6. The largest absolute Gasteiger partial charge is 0.488 e. The minimum atomic E-state index is -5.16. The molecule has 11 heteroatoms. The maximum atomic E-state index is 14.0. The van der Waals surface area contributed by atoms with Crippen LogP contribution < -0.4 is 10.5 Å². The van der Waals surface area contributed by atoms with E-state index in [4.69, 9.17) is 5.73 Å². The highest BCUT2D eigenvalue weighted by molar-refractivity contribution is 5.50. The molecule has 0 aliphatic carbocycles. The fraction of sp³-hybridized carbons (Fsp3) is 0.250. The standard InChI is InChI=1S/C12H8F7N3O/c1-2-23-10-7(15)5(13)9(6(14)8(10)16)22-11(12(17,18)19)4(20)3-21-22/h3H,2,20H2,1H3. The summed E-state index contributed by atoms with van der Waals surface area (Å²) >= 11 is 0. The first-order valence-electron chi connectivity index (χ1n) is 6.01. The molecule has 0 unspecified atom stereocenters. The van der Waals surface area contributed by atoms with Gasteiger partial charge < -0.3 is 10.5 Å². The number of anilines is 1. The SMILES string of the molecule is CCOc1c(F)c(F)c(-n2ncc(N)c2C(F)(F)F)c(F)c1F. The van der Waals surface area contributed by atoms with Gasteiger partial charge in [-0.15, -0.1) is 0 Å². The molecule has 0 saturated carbocycles. The van der Waals surface area contributed by atoms with Gasteiger partial charge in [0.1, 0.15) is 5.69 Å². The lowest BCUT2D eigenvalue weighted by Gasteiger charge is -2.15. The van der Waals surface area contributed by atoms with Crippen LogP contribution in [-0.4, -0.2) is 16.4 Å². The van der Waals surface area contributed by atoms with Crippen molar-refractivity contribution in [2.45, 2.75) is 13.1 Å². The van der Waals surface area contributed by atoms with Crippen LogP contribution in [-0.2, 0) is 6.18 Å². The van der Waals surface area contributed by atoms with Crippen molar-refractivity contribution in [3.05, 3.63) is 35.2 Å². The van der Waals surface area contributed by atoms with Crippen LogP contribution in [0.25, 0.3) is 5.69 Å². The van der Waals surface area contributed by atoms with Crippen molar-refractivity contribution in [2.75, 3.05) is 12.3 Å². The van der Waals surface area contributed by atoms with Crippen molar-refractivity contribution in [1.82, 2.24) is 9.78 Å². The van der Waals surface area contributed by atoms with E-state index in [9.17, 15) is 30.7 Å². The highest BCUT2D eigenvalue weighted by Crippen LogP contribution is 2.38. The fourth-order valence-corrected chi connectivity index (χ4v) is 1.87. The Kier molecular flexibility index (Phi) is 4.14. The normalized spacial score (nSPS) is 11.8. The van der Waals surface area contributed by atoms with E-state index in [1.54, 1.807) is 0 Å². The lowest BCUT2D eigenvalue weighted by molar-refractivity contribution is -0.142. The second kappa shape index (κ2) is 5.63. The number of nitrogen functional groups attached to an aromatic ring is 1. The van der Waals surface area contributed by atoms with Crippen LogP contribution in [0.3, 0.4) is 0 Å². The average molecular weight is 343 g/mol. The van der Waals surface area contributed by atoms with Crippen LogP contribution in [0.2, 0.25) is 0 Å². The molecule has 1 aromatic carbocycles. The third-order valence-corrected chi connectivity index (χ3v) is 2.77. The quantitative estimate of drug-likeness (QED) is 0.686. The highest BCUT2D eigenvalue weighted by atomic mass is 19.4. The summed E-state index contributed by atoms with van der Waals surface area (Å²) < 4.78 is 98.2. The average Bonchev–Trinajstić information content (AvgIpc) is 2.83. The van der Waals surface area contributed by atoms with Gasteiger partial charge in [-0.2, -0.15) is 27.1 Å². The maximum absolute atomic E-state index is 14.0. The predicted octanol–water partition coefficient (Wildman–Crippen LogP) is 3.43. The van der Waals surface area contributed by atoms with E-state index >= 15 is 0 Å². The summed E-state index contributed by atoms with van der Waals surface area (Å²) in [6.45, 7) is 0.965. The molecule has 0 radical (unpaired) electrons. The third kappa shape index (κ3) is 2.66. The Hall–Kier alpha value is -2.46. The van der Waals surface area contributed by atoms with Gasteiger partial charge in [0.25, 0.3) is 0 Å². The van der Waals surface area contributed by atoms with Crippen LogP contribution in [0, 0.1) is 23.3 Å². The molecule has 1 heterocycles. The molecule has 0 bridgehead atoms. The Bertz CT molecular complexity index is 725. The Morgan fingerprint density at radius 3 is 2.04 bits per heavy atom. The molecular formula is C12H8F7N3O. The van der Waals surface area contributed by atoms with Crippen LogP contribution in [0.5, 0.6) is 5.75 Å². The van der Waals surface area contributed by atoms with Crippen molar-refractivity contribution in [3.63, 3.8) is 0 Å². The molecule has 0 amide bonds. The summed E-state index contributed by atoms with van der Waals surface area (Å²) in [5, 5.41) is 3.05. The van der Waals surface area contributed by atoms with E-state index in [-0.39, 0.29) is 11.3 Å². The molecule has 126 valence electrons. The minimum absolute atomic E-state index is 0.325. The van der Waals surface area contributed by atoms with Crippen molar-refractivity contribution in [2.24, 2.45) is 0 Å². The number of nitrogens with two attached hydrogens (primary N) is 1. The van der Waals surface area contributed by atoms with Crippen molar-refractivity contribution in [3.8, 4) is 11.4 Å². The molecule has 1 aromatic heterocycles. The Morgan fingerprint density at radius 2 is 1.61 bits per heavy atom. The van der Waals surface area contributed by atoms with Gasteiger partial charge in [-0.1, -0.05) is 0 Å². The van der Waals surface area contributed by atoms with E-state index in [1.165, 1.54) is 6.92 Å². The van der Waals surface area contributed by atoms with E-state index in [0.29, 0.717) is 6.20 Å². The number of aromatic nitrogens is 2. The molecule has 0 aliphatic heterocycles. The Balaban J connectivity index is 2.82. The van der Waals surface area contributed by atoms with Crippen LogP contribution in [0.4, 0.5) is 36.4 Å². The monoisotopic (exact) mass is 343 g/mol. The van der Waals surface area contributed by atoms with Crippen molar-refractivity contribution in [1.29, 1.82) is 0 Å². The third-order valence-electron chi connectivity index (χ3n) is 2.77. The van der Waals surface area contributed by atoms with E-state index in [2.05, 4.69) is 9.84 Å². The summed E-state index contributed by atoms with van der Waals surface area (Å²) in [7, 11) is 0. The van der Waals surface area contributed by atoms with E-state index < -0.39 is 52.3 Å². The second-order valence-electron chi connectivity index (χ2n) is 4.22. The van der Waals surface area contributed by atoms with Gasteiger partial charge in [-0.3, -0.25) is 0 Å². The molecular weight excluding hydrogens is 335 g/mol. The molecule has 0 spiro atoms. The van der Waals surface area contributed by atoms with Crippen LogP contribution in [0.1, 0.15) is 12.6 Å². The summed E-state index contributed by atoms with van der Waals surface area (Å²) in [5.41, 5.74) is 0.639. The molecule has 2 N–H and O–H groups in total. The van der Waals surface area contributed by atoms with Crippen molar-refractivity contribution < 1.29 is 35.5 Å². The fourth-order valence-electron chi connectivity index (χ4n) is 1.87. The Labute approximate surface area is 124 Å². The topological polar surface area (TPSA) is 53.1 Å². The molecule has 4 nitrogen and oxygen atoms in total. The first-order valence-corrected chi connectivity index (χ1v) is 6.01. The molecule has 23 heavy (non-hydrogen) atoms. The van der Waals surface area contributed by atoms with Gasteiger partial charge in [-0.25, -0.2) is 13.5 Å². The van der Waals surface area contributed by atoms with Gasteiger partial charge >= 0.3 is 6.18 Å². The molecule has 0 saturated heterocycles. The number of hydrogen-bond donors (Lipinski definition) is 1. The molecule has 2 aromatic rings. The zero-order valence-electron chi connectivity index (χ0n) is 11.3. The number of alkyl halides is 3. The number of rotatable bonds is 3. The van der Waals surface area contributed by atoms with Crippen molar-refractivity contribution >= 4 is 5.69 Å². The van der Waals surface area contributed by atoms with Gasteiger partial charge in [0, 0.05) is 0 Å². The summed E-state index contributed by atoms with van der Waals surface area (Å²) in [5.74, 6) is -9.53. The van der Waals surface area contributed by atoms with Crippen LogP contribution >= 0.6 is 0 Å². The lowest BCUT2D eigenvalue weighted by atomic mass is 10.2. The zero-order chi connectivity index (χ0) is 17.5. The molecule has 0 atom stereocenters. The Morgan fingerprint density at radius 1 is 1.09 bits per heavy atom. The van der Waals surface area contributed by atoms with Gasteiger partial charge in [0.05, 0.1) is 18.5 Å². The maximum Gasteiger partial charge on any atom is 0.435 e. The molecule has 0 aliphatic rings. The van der Waals surface area contributed by atoms with E-state index in [1.807, 2.05) is 0 Å². The van der Waals surface area contributed by atoms with Gasteiger partial charge in [0.15, 0.2) is 23.1 Å². The van der Waals surface area contributed by atoms with E-state index in [0.717, 1.165) is 0 Å². The number of benzene rings is 1. The first kappa shape index (κ1) is 16.9. The minimum Gasteiger partial charge on any atom is -0.488 e. The number of hydrogen-bond acceptors (Lipinski definition) is 3. The summed E-state index contributed by atoms with van der Waals surface area (Å²) in [6, 6.07) is 0. The predicted molar refractivity (Wildman–Crippen MR) is 64.0 cm³/mol. The summed E-state index contributed by atoms with van der Waals surface area (Å²) in [6.07, 6.45) is -4.71.